The Balaban J connectivity index is 1.83. The minimum Gasteiger partial charge on any atom is -0.496 e. The summed E-state index contributed by atoms with van der Waals surface area (Å²) in [4.78, 5) is 26.7. The number of hydrogen-bond donors (Lipinski definition) is 1. The second-order valence-electron chi connectivity index (χ2n) is 8.51. The molecule has 1 heterocycles. The number of carbonyl (C=O) groups excluding carboxylic acids is 2. The first-order valence-corrected chi connectivity index (χ1v) is 12.0. The molecule has 0 fully saturated rings. The molecule has 0 radical (unpaired) electrons. The van der Waals surface area contributed by atoms with E-state index in [0.717, 1.165) is 21.3 Å². The maximum Gasteiger partial charge on any atom is 0.336 e. The molecule has 0 amide bonds. The Kier molecular flexibility index (Phi) is 7.21. The Morgan fingerprint density at radius 2 is 1.63 bits per heavy atom. The summed E-state index contributed by atoms with van der Waals surface area (Å²) in [7, 11) is 6.11. The molecule has 0 bridgehead atoms. The number of ketones is 1. The molecule has 0 saturated carbocycles. The van der Waals surface area contributed by atoms with Crippen molar-refractivity contribution in [2.45, 2.75) is 31.6 Å². The van der Waals surface area contributed by atoms with E-state index < -0.39 is 11.9 Å². The largest absolute Gasteiger partial charge is 0.496 e. The summed E-state index contributed by atoms with van der Waals surface area (Å²) < 4.78 is 22.4. The molecule has 2 aromatic rings. The number of esters is 1. The Labute approximate surface area is 213 Å². The molecule has 7 nitrogen and oxygen atoms in total. The van der Waals surface area contributed by atoms with Crippen LogP contribution < -0.4 is 19.5 Å². The Bertz CT molecular complexity index is 1250. The minimum atomic E-state index is -0.606. The standard InChI is InChI=1S/C27H28BrNO6/c1-14-24(27(31)35-5)25(18-13-17(28)7-9-21(18)32-2)26-19(29-14)10-16(11-20(26)30)15-6-8-22(33-3)23(12-15)34-4/h6-9,12-13,16,25,29H,10-11H2,1-5H3/t16-,25-/m1/s1. The molecule has 0 spiro atoms. The summed E-state index contributed by atoms with van der Waals surface area (Å²) in [5.41, 5.74) is 4.15. The number of hydrogen-bond acceptors (Lipinski definition) is 7. The van der Waals surface area contributed by atoms with Crippen molar-refractivity contribution < 1.29 is 28.5 Å². The van der Waals surface area contributed by atoms with Crippen molar-refractivity contribution in [1.82, 2.24) is 5.32 Å². The minimum absolute atomic E-state index is 0.0283. The maximum absolute atomic E-state index is 13.7. The van der Waals surface area contributed by atoms with Crippen LogP contribution in [0.1, 0.15) is 42.7 Å². The van der Waals surface area contributed by atoms with Gasteiger partial charge >= 0.3 is 5.97 Å². The second-order valence-corrected chi connectivity index (χ2v) is 9.43. The summed E-state index contributed by atoms with van der Waals surface area (Å²) in [6.45, 7) is 1.83. The summed E-state index contributed by atoms with van der Waals surface area (Å²) in [6.07, 6.45) is 0.908. The van der Waals surface area contributed by atoms with Crippen LogP contribution in [0.15, 0.2) is 63.4 Å². The van der Waals surface area contributed by atoms with E-state index in [2.05, 4.69) is 21.2 Å². The Morgan fingerprint density at radius 1 is 0.943 bits per heavy atom. The Hall–Kier alpha value is -3.26. The van der Waals surface area contributed by atoms with Gasteiger partial charge in [0, 0.05) is 33.4 Å². The van der Waals surface area contributed by atoms with Gasteiger partial charge in [0.05, 0.1) is 39.9 Å². The summed E-state index contributed by atoms with van der Waals surface area (Å²) >= 11 is 3.52. The van der Waals surface area contributed by atoms with E-state index in [4.69, 9.17) is 18.9 Å². The van der Waals surface area contributed by atoms with Crippen LogP contribution in [0.2, 0.25) is 0 Å². The molecule has 2 atom stereocenters. The fourth-order valence-electron chi connectivity index (χ4n) is 5.00. The van der Waals surface area contributed by atoms with Gasteiger partial charge in [0.25, 0.3) is 0 Å². The van der Waals surface area contributed by atoms with E-state index >= 15 is 0 Å². The third-order valence-corrected chi connectivity index (χ3v) is 7.11. The Morgan fingerprint density at radius 3 is 2.29 bits per heavy atom. The zero-order chi connectivity index (χ0) is 25.3. The lowest BCUT2D eigenvalue weighted by Crippen LogP contribution is -2.36. The van der Waals surface area contributed by atoms with E-state index in [1.165, 1.54) is 7.11 Å². The lowest BCUT2D eigenvalue weighted by atomic mass is 9.71. The van der Waals surface area contributed by atoms with E-state index in [-0.39, 0.29) is 11.7 Å². The number of carbonyl (C=O) groups is 2. The van der Waals surface area contributed by atoms with E-state index in [9.17, 15) is 9.59 Å². The second kappa shape index (κ2) is 10.2. The van der Waals surface area contributed by atoms with Crippen molar-refractivity contribution in [1.29, 1.82) is 0 Å². The van der Waals surface area contributed by atoms with Crippen LogP contribution in [-0.4, -0.2) is 40.2 Å². The third kappa shape index (κ3) is 4.55. The molecular formula is C27H28BrNO6. The van der Waals surface area contributed by atoms with Gasteiger partial charge < -0.3 is 24.3 Å². The number of nitrogens with one attached hydrogen (secondary N) is 1. The number of ether oxygens (including phenoxy) is 4. The molecule has 8 heteroatoms. The highest BCUT2D eigenvalue weighted by atomic mass is 79.9. The highest BCUT2D eigenvalue weighted by Crippen LogP contribution is 2.48. The van der Waals surface area contributed by atoms with Gasteiger partial charge in [-0.25, -0.2) is 4.79 Å². The number of methoxy groups -OCH3 is 4. The highest BCUT2D eigenvalue weighted by Gasteiger charge is 2.42. The van der Waals surface area contributed by atoms with Crippen LogP contribution in [0.25, 0.3) is 0 Å². The zero-order valence-electron chi connectivity index (χ0n) is 20.4. The lowest BCUT2D eigenvalue weighted by molar-refractivity contribution is -0.136. The van der Waals surface area contributed by atoms with Gasteiger partial charge in [0.15, 0.2) is 17.3 Å². The van der Waals surface area contributed by atoms with Crippen molar-refractivity contribution in [3.05, 3.63) is 74.5 Å². The molecule has 4 rings (SSSR count). The molecule has 184 valence electrons. The first-order chi connectivity index (χ1) is 16.8. The van der Waals surface area contributed by atoms with Crippen LogP contribution >= 0.6 is 15.9 Å². The molecule has 2 aromatic carbocycles. The fourth-order valence-corrected chi connectivity index (χ4v) is 5.38. The highest BCUT2D eigenvalue weighted by molar-refractivity contribution is 9.10. The quantitative estimate of drug-likeness (QED) is 0.514. The van der Waals surface area contributed by atoms with Crippen LogP contribution in [0.4, 0.5) is 0 Å². The molecule has 1 aliphatic carbocycles. The molecular weight excluding hydrogens is 514 g/mol. The molecule has 0 aromatic heterocycles. The van der Waals surface area contributed by atoms with Crippen LogP contribution in [0.5, 0.6) is 17.2 Å². The number of rotatable bonds is 6. The van der Waals surface area contributed by atoms with Crippen molar-refractivity contribution in [3.63, 3.8) is 0 Å². The van der Waals surface area contributed by atoms with Gasteiger partial charge in [-0.3, -0.25) is 4.79 Å². The van der Waals surface area contributed by atoms with Gasteiger partial charge in [-0.2, -0.15) is 0 Å². The normalized spacial score (nSPS) is 19.7. The summed E-state index contributed by atoms with van der Waals surface area (Å²) in [5, 5.41) is 3.35. The van der Waals surface area contributed by atoms with Gasteiger partial charge in [-0.05, 0) is 55.2 Å². The topological polar surface area (TPSA) is 83.1 Å². The maximum atomic E-state index is 13.7. The van der Waals surface area contributed by atoms with E-state index in [1.807, 2.05) is 43.3 Å². The SMILES string of the molecule is COC(=O)C1=C(C)NC2=C(C(=O)C[C@H](c3ccc(OC)c(OC)c3)C2)[C@@H]1c1cc(Br)ccc1OC. The van der Waals surface area contributed by atoms with E-state index in [1.54, 1.807) is 21.3 Å². The summed E-state index contributed by atoms with van der Waals surface area (Å²) in [5.74, 6) is 0.682. The first-order valence-electron chi connectivity index (χ1n) is 11.2. The molecule has 1 aliphatic heterocycles. The van der Waals surface area contributed by atoms with Crippen molar-refractivity contribution in [3.8, 4) is 17.2 Å². The molecule has 0 saturated heterocycles. The number of halogens is 1. The number of dihydropyridines is 1. The van der Waals surface area contributed by atoms with Crippen molar-refractivity contribution in [2.24, 2.45) is 0 Å². The van der Waals surface area contributed by atoms with Crippen molar-refractivity contribution in [2.75, 3.05) is 28.4 Å². The summed E-state index contributed by atoms with van der Waals surface area (Å²) in [6, 6.07) is 11.3. The number of Topliss-reactive ketones (excluding diaryl/α,β-unsaturated/α-hetero) is 1. The average Bonchev–Trinajstić information content (AvgIpc) is 2.86. The van der Waals surface area contributed by atoms with Gasteiger partial charge in [0.2, 0.25) is 0 Å². The monoisotopic (exact) mass is 541 g/mol. The molecule has 35 heavy (non-hydrogen) atoms. The number of benzene rings is 2. The van der Waals surface area contributed by atoms with Crippen LogP contribution in [0, 0.1) is 0 Å². The third-order valence-electron chi connectivity index (χ3n) is 6.61. The lowest BCUT2D eigenvalue weighted by Gasteiger charge is -2.37. The molecule has 1 N–H and O–H groups in total. The van der Waals surface area contributed by atoms with Gasteiger partial charge in [0.1, 0.15) is 5.75 Å². The van der Waals surface area contributed by atoms with Crippen LogP contribution in [-0.2, 0) is 14.3 Å². The van der Waals surface area contributed by atoms with Gasteiger partial charge in [-0.1, -0.05) is 22.0 Å². The number of allylic oxidation sites excluding steroid dienone is 3. The molecule has 0 unspecified atom stereocenters. The predicted molar refractivity (Wildman–Crippen MR) is 135 cm³/mol. The smallest absolute Gasteiger partial charge is 0.336 e. The van der Waals surface area contributed by atoms with Gasteiger partial charge in [-0.15, -0.1) is 0 Å². The average molecular weight is 542 g/mol. The fraction of sp³-hybridized carbons (Fsp3) is 0.333. The van der Waals surface area contributed by atoms with Crippen LogP contribution in [0.3, 0.4) is 0 Å². The zero-order valence-corrected chi connectivity index (χ0v) is 21.9. The van der Waals surface area contributed by atoms with Crippen molar-refractivity contribution >= 4 is 27.7 Å². The molecule has 2 aliphatic rings. The first kappa shape index (κ1) is 24.9. The predicted octanol–water partition coefficient (Wildman–Crippen LogP) is 5.01. The van der Waals surface area contributed by atoms with E-state index in [0.29, 0.717) is 46.9 Å².